The minimum absolute atomic E-state index is 0.126. The molecule has 0 spiro atoms. The lowest BCUT2D eigenvalue weighted by molar-refractivity contribution is -0.130. The summed E-state index contributed by atoms with van der Waals surface area (Å²) in [7, 11) is 0. The van der Waals surface area contributed by atoms with E-state index in [1.54, 1.807) is 46.4 Å². The average molecular weight is 386 g/mol. The fourth-order valence-corrected chi connectivity index (χ4v) is 2.46. The zero-order chi connectivity index (χ0) is 20.8. The van der Waals surface area contributed by atoms with Crippen molar-refractivity contribution in [2.75, 3.05) is 45.8 Å². The van der Waals surface area contributed by atoms with Crippen molar-refractivity contribution in [3.8, 4) is 0 Å². The van der Waals surface area contributed by atoms with Gasteiger partial charge in [0.15, 0.2) is 0 Å². The molecule has 1 aliphatic rings. The van der Waals surface area contributed by atoms with Gasteiger partial charge in [-0.3, -0.25) is 4.79 Å². The molecule has 0 aromatic heterocycles. The van der Waals surface area contributed by atoms with Crippen molar-refractivity contribution in [1.29, 1.82) is 0 Å². The summed E-state index contributed by atoms with van der Waals surface area (Å²) in [4.78, 5) is 41.6. The van der Waals surface area contributed by atoms with E-state index in [4.69, 9.17) is 15.2 Å². The van der Waals surface area contributed by atoms with Gasteiger partial charge in [0.25, 0.3) is 0 Å². The van der Waals surface area contributed by atoms with Crippen LogP contribution >= 0.6 is 0 Å². The third-order valence-corrected chi connectivity index (χ3v) is 3.75. The molecule has 27 heavy (non-hydrogen) atoms. The molecule has 1 rings (SSSR count). The van der Waals surface area contributed by atoms with Crippen LogP contribution in [0.5, 0.6) is 0 Å². The van der Waals surface area contributed by atoms with Crippen molar-refractivity contribution in [2.24, 2.45) is 5.73 Å². The van der Waals surface area contributed by atoms with Crippen LogP contribution in [0, 0.1) is 0 Å². The molecule has 0 radical (unpaired) electrons. The van der Waals surface area contributed by atoms with Crippen molar-refractivity contribution in [3.63, 3.8) is 0 Å². The van der Waals surface area contributed by atoms with Crippen LogP contribution in [0.1, 0.15) is 41.5 Å². The molecule has 0 aromatic carbocycles. The second kappa shape index (κ2) is 9.25. The van der Waals surface area contributed by atoms with Gasteiger partial charge in [-0.25, -0.2) is 9.59 Å². The van der Waals surface area contributed by atoms with Crippen LogP contribution in [-0.2, 0) is 14.3 Å². The molecule has 1 heterocycles. The largest absolute Gasteiger partial charge is 0.444 e. The number of carbonyl (C=O) groups excluding carboxylic acids is 3. The first-order valence-electron chi connectivity index (χ1n) is 9.26. The lowest BCUT2D eigenvalue weighted by Crippen LogP contribution is -2.45. The van der Waals surface area contributed by atoms with Gasteiger partial charge in [-0.2, -0.15) is 0 Å². The van der Waals surface area contributed by atoms with Crippen LogP contribution in [0.2, 0.25) is 0 Å². The molecule has 0 bridgehead atoms. The zero-order valence-electron chi connectivity index (χ0n) is 17.4. The molecular formula is C18H34N4O5. The quantitative estimate of drug-likeness (QED) is 0.727. The second-order valence-corrected chi connectivity index (χ2v) is 8.52. The minimum atomic E-state index is -0.632. The van der Waals surface area contributed by atoms with Crippen LogP contribution in [0.15, 0.2) is 0 Å². The lowest BCUT2D eigenvalue weighted by atomic mass is 10.2. The number of carbonyl (C=O) groups is 3. The van der Waals surface area contributed by atoms with E-state index < -0.39 is 23.4 Å². The molecule has 3 amide bonds. The van der Waals surface area contributed by atoms with Crippen molar-refractivity contribution in [1.82, 2.24) is 14.7 Å². The van der Waals surface area contributed by atoms with Crippen molar-refractivity contribution >= 4 is 18.1 Å². The number of nitrogens with zero attached hydrogens (tertiary/aromatic N) is 3. The van der Waals surface area contributed by atoms with Gasteiger partial charge < -0.3 is 29.9 Å². The van der Waals surface area contributed by atoms with Gasteiger partial charge in [-0.1, -0.05) is 0 Å². The molecule has 156 valence electrons. The Hall–Kier alpha value is -2.03. The van der Waals surface area contributed by atoms with E-state index in [0.717, 1.165) is 0 Å². The SMILES string of the molecule is CC(C)(C)OC(=O)N1CCN(C(=O)CN)CCN(C(=O)OC(C)(C)C)CC1. The molecule has 2 N–H and O–H groups in total. The third kappa shape index (κ3) is 8.47. The topological polar surface area (TPSA) is 105 Å². The Balaban J connectivity index is 2.95. The first-order valence-corrected chi connectivity index (χ1v) is 9.26. The second-order valence-electron chi connectivity index (χ2n) is 8.52. The fourth-order valence-electron chi connectivity index (χ4n) is 2.46. The first kappa shape index (κ1) is 23.0. The third-order valence-electron chi connectivity index (χ3n) is 3.75. The van der Waals surface area contributed by atoms with Gasteiger partial charge in [0.1, 0.15) is 11.2 Å². The number of rotatable bonds is 1. The molecule has 0 saturated carbocycles. The Morgan fingerprint density at radius 2 is 1.00 bits per heavy atom. The van der Waals surface area contributed by atoms with E-state index >= 15 is 0 Å². The maximum atomic E-state index is 12.5. The van der Waals surface area contributed by atoms with E-state index in [-0.39, 0.29) is 12.5 Å². The van der Waals surface area contributed by atoms with E-state index in [2.05, 4.69) is 0 Å². The van der Waals surface area contributed by atoms with Crippen LogP contribution < -0.4 is 5.73 Å². The minimum Gasteiger partial charge on any atom is -0.444 e. The normalized spacial score (nSPS) is 16.9. The molecule has 0 atom stereocenters. The molecule has 0 unspecified atom stereocenters. The summed E-state index contributed by atoms with van der Waals surface area (Å²) in [6.45, 7) is 12.5. The number of nitrogens with two attached hydrogens (primary N) is 1. The Labute approximate surface area is 161 Å². The summed E-state index contributed by atoms with van der Waals surface area (Å²) >= 11 is 0. The summed E-state index contributed by atoms with van der Waals surface area (Å²) in [6, 6.07) is 0. The average Bonchev–Trinajstić information content (AvgIpc) is 2.61. The maximum absolute atomic E-state index is 12.5. The first-order chi connectivity index (χ1) is 12.3. The van der Waals surface area contributed by atoms with Gasteiger partial charge >= 0.3 is 12.2 Å². The molecule has 0 aromatic rings. The summed E-state index contributed by atoms with van der Waals surface area (Å²) in [5.74, 6) is -0.231. The highest BCUT2D eigenvalue weighted by Crippen LogP contribution is 2.13. The molecule has 1 fully saturated rings. The highest BCUT2D eigenvalue weighted by Gasteiger charge is 2.28. The molecule has 0 aliphatic carbocycles. The highest BCUT2D eigenvalue weighted by atomic mass is 16.6. The van der Waals surface area contributed by atoms with Crippen LogP contribution in [0.25, 0.3) is 0 Å². The Morgan fingerprint density at radius 3 is 1.26 bits per heavy atom. The van der Waals surface area contributed by atoms with Crippen molar-refractivity contribution in [2.45, 2.75) is 52.7 Å². The van der Waals surface area contributed by atoms with Gasteiger partial charge in [-0.05, 0) is 41.5 Å². The molecular weight excluding hydrogens is 352 g/mol. The Bertz CT molecular complexity index is 499. The van der Waals surface area contributed by atoms with Gasteiger partial charge in [-0.15, -0.1) is 0 Å². The van der Waals surface area contributed by atoms with Gasteiger partial charge in [0.2, 0.25) is 5.91 Å². The predicted octanol–water partition coefficient (Wildman–Crippen LogP) is 1.26. The Kier molecular flexibility index (Phi) is 7.89. The maximum Gasteiger partial charge on any atom is 0.410 e. The summed E-state index contributed by atoms with van der Waals surface area (Å²) in [5.41, 5.74) is 4.22. The smallest absolute Gasteiger partial charge is 0.410 e. The van der Waals surface area contributed by atoms with E-state index in [1.807, 2.05) is 0 Å². The zero-order valence-corrected chi connectivity index (χ0v) is 17.4. The van der Waals surface area contributed by atoms with Gasteiger partial charge in [0.05, 0.1) is 6.54 Å². The highest BCUT2D eigenvalue weighted by molar-refractivity contribution is 5.78. The van der Waals surface area contributed by atoms with Crippen LogP contribution in [0.3, 0.4) is 0 Å². The lowest BCUT2D eigenvalue weighted by Gasteiger charge is -2.30. The predicted molar refractivity (Wildman–Crippen MR) is 101 cm³/mol. The standard InChI is InChI=1S/C18H34N4O5/c1-17(2,3)26-15(24)21-9-7-20(14(23)13-19)8-10-22(12-11-21)16(25)27-18(4,5)6/h7-13,19H2,1-6H3. The Morgan fingerprint density at radius 1 is 0.704 bits per heavy atom. The molecule has 9 nitrogen and oxygen atoms in total. The van der Waals surface area contributed by atoms with Crippen LogP contribution in [-0.4, -0.2) is 89.8 Å². The van der Waals surface area contributed by atoms with E-state index in [0.29, 0.717) is 39.3 Å². The van der Waals surface area contributed by atoms with E-state index in [9.17, 15) is 14.4 Å². The molecule has 1 saturated heterocycles. The monoisotopic (exact) mass is 386 g/mol. The fraction of sp³-hybridized carbons (Fsp3) is 0.833. The van der Waals surface area contributed by atoms with Crippen molar-refractivity contribution in [3.05, 3.63) is 0 Å². The molecule has 9 heteroatoms. The summed E-state index contributed by atoms with van der Waals surface area (Å²) in [6.07, 6.45) is -0.956. The summed E-state index contributed by atoms with van der Waals surface area (Å²) in [5, 5.41) is 0. The summed E-state index contributed by atoms with van der Waals surface area (Å²) < 4.78 is 10.9. The number of amides is 3. The molecule has 1 aliphatic heterocycles. The van der Waals surface area contributed by atoms with Crippen LogP contribution in [0.4, 0.5) is 9.59 Å². The van der Waals surface area contributed by atoms with E-state index in [1.165, 1.54) is 9.80 Å². The number of hydrogen-bond acceptors (Lipinski definition) is 6. The van der Waals surface area contributed by atoms with Gasteiger partial charge in [0, 0.05) is 39.3 Å². The number of hydrogen-bond donors (Lipinski definition) is 1. The number of ether oxygens (including phenoxy) is 2. The van der Waals surface area contributed by atoms with Crippen molar-refractivity contribution < 1.29 is 23.9 Å².